The Morgan fingerprint density at radius 3 is 2.08 bits per heavy atom. The van der Waals surface area contributed by atoms with Crippen LogP contribution in [0.2, 0.25) is 0 Å². The van der Waals surface area contributed by atoms with Crippen LogP contribution in [0.3, 0.4) is 0 Å². The first-order valence-electron chi connectivity index (χ1n) is 11.4. The molecule has 6 aromatic rings. The van der Waals surface area contributed by atoms with Crippen molar-refractivity contribution in [3.63, 3.8) is 0 Å². The molecular formula is C29H19N5O2. The van der Waals surface area contributed by atoms with Crippen LogP contribution in [0.25, 0.3) is 56.0 Å². The zero-order valence-corrected chi connectivity index (χ0v) is 19.3. The lowest BCUT2D eigenvalue weighted by molar-refractivity contribution is 0.0697. The van der Waals surface area contributed by atoms with E-state index in [0.717, 1.165) is 27.8 Å². The Hall–Kier alpha value is -5.04. The van der Waals surface area contributed by atoms with Crippen molar-refractivity contribution in [3.8, 4) is 33.8 Å². The van der Waals surface area contributed by atoms with E-state index >= 15 is 0 Å². The van der Waals surface area contributed by atoms with Gasteiger partial charge in [-0.2, -0.15) is 0 Å². The van der Waals surface area contributed by atoms with Gasteiger partial charge >= 0.3 is 5.97 Å². The molecule has 0 radical (unpaired) electrons. The quantitative estimate of drug-likeness (QED) is 0.339. The van der Waals surface area contributed by atoms with Gasteiger partial charge in [-0.1, -0.05) is 60.7 Å². The van der Waals surface area contributed by atoms with Crippen molar-refractivity contribution < 1.29 is 9.90 Å². The zero-order chi connectivity index (χ0) is 24.6. The van der Waals surface area contributed by atoms with Crippen LogP contribution in [0.1, 0.15) is 15.9 Å². The minimum atomic E-state index is -1.01. The summed E-state index contributed by atoms with van der Waals surface area (Å²) in [5.74, 6) is -1.01. The van der Waals surface area contributed by atoms with E-state index in [1.807, 2.05) is 67.6 Å². The molecule has 0 spiro atoms. The maximum Gasteiger partial charge on any atom is 0.335 e. The van der Waals surface area contributed by atoms with E-state index in [4.69, 9.17) is 15.0 Å². The highest BCUT2D eigenvalue weighted by molar-refractivity contribution is 5.97. The highest BCUT2D eigenvalue weighted by Gasteiger charge is 2.22. The summed E-state index contributed by atoms with van der Waals surface area (Å²) in [6, 6.07) is 24.5. The first-order chi connectivity index (χ1) is 17.6. The van der Waals surface area contributed by atoms with Crippen LogP contribution in [0.4, 0.5) is 0 Å². The molecule has 3 aromatic heterocycles. The van der Waals surface area contributed by atoms with Crippen molar-refractivity contribution >= 4 is 28.2 Å². The van der Waals surface area contributed by atoms with Crippen LogP contribution >= 0.6 is 0 Å². The Morgan fingerprint density at radius 2 is 1.36 bits per heavy atom. The number of pyridine rings is 1. The lowest BCUT2D eigenvalue weighted by atomic mass is 9.94. The largest absolute Gasteiger partial charge is 0.478 e. The molecule has 0 bridgehead atoms. The number of rotatable bonds is 4. The molecule has 0 saturated carbocycles. The molecule has 6 rings (SSSR count). The maximum atomic E-state index is 11.6. The van der Waals surface area contributed by atoms with Gasteiger partial charge in [-0.15, -0.1) is 0 Å². The molecule has 3 heterocycles. The molecule has 0 atom stereocenters. The minimum Gasteiger partial charge on any atom is -0.478 e. The van der Waals surface area contributed by atoms with Crippen LogP contribution in [0.5, 0.6) is 0 Å². The monoisotopic (exact) mass is 469 g/mol. The summed E-state index contributed by atoms with van der Waals surface area (Å²) < 4.78 is 0. The molecule has 7 heteroatoms. The number of carboxylic acids is 1. The zero-order valence-electron chi connectivity index (χ0n) is 19.3. The van der Waals surface area contributed by atoms with Gasteiger partial charge in [0.2, 0.25) is 0 Å². The van der Waals surface area contributed by atoms with Crippen LogP contribution in [0, 0.1) is 6.92 Å². The minimum absolute atomic E-state index is 0.156. The van der Waals surface area contributed by atoms with E-state index in [1.54, 1.807) is 24.5 Å². The van der Waals surface area contributed by atoms with Crippen molar-refractivity contribution in [1.82, 2.24) is 24.9 Å². The number of nitrogens with zero attached hydrogens (tertiary/aromatic N) is 5. The third kappa shape index (κ3) is 3.63. The number of aromatic nitrogens is 5. The highest BCUT2D eigenvalue weighted by atomic mass is 16.4. The predicted molar refractivity (Wildman–Crippen MR) is 138 cm³/mol. The highest BCUT2D eigenvalue weighted by Crippen LogP contribution is 2.39. The molecule has 0 aliphatic carbocycles. The molecule has 0 fully saturated rings. The fourth-order valence-electron chi connectivity index (χ4n) is 4.41. The lowest BCUT2D eigenvalue weighted by Crippen LogP contribution is -2.03. The summed E-state index contributed by atoms with van der Waals surface area (Å²) in [6.45, 7) is 2.01. The Labute approximate surface area is 206 Å². The standard InChI is InChI=1S/C29H19N5O2/c1-17-23(18-8-4-2-5-9-18)26(34-28-24(17)30-14-15-31-28)27-25(19-10-6-3-7-11-19)33-22-16-20(29(35)36)12-13-21(22)32-27/h2-16H,1H3,(H,35,36). The van der Waals surface area contributed by atoms with Gasteiger partial charge in [0.25, 0.3) is 0 Å². The van der Waals surface area contributed by atoms with Gasteiger partial charge in [0.1, 0.15) is 16.9 Å². The molecular weight excluding hydrogens is 450 g/mol. The van der Waals surface area contributed by atoms with Gasteiger partial charge in [0.15, 0.2) is 5.65 Å². The smallest absolute Gasteiger partial charge is 0.335 e. The number of aromatic carboxylic acids is 1. The molecule has 0 amide bonds. The van der Waals surface area contributed by atoms with E-state index in [9.17, 15) is 9.90 Å². The molecule has 36 heavy (non-hydrogen) atoms. The average Bonchev–Trinajstić information content (AvgIpc) is 2.93. The Balaban J connectivity index is 1.74. The summed E-state index contributed by atoms with van der Waals surface area (Å²) in [5, 5.41) is 9.49. The molecule has 172 valence electrons. The van der Waals surface area contributed by atoms with E-state index < -0.39 is 5.97 Å². The molecule has 7 nitrogen and oxygen atoms in total. The predicted octanol–water partition coefficient (Wildman–Crippen LogP) is 5.98. The molecule has 0 aliphatic rings. The van der Waals surface area contributed by atoms with Gasteiger partial charge < -0.3 is 5.11 Å². The first kappa shape index (κ1) is 21.5. The molecule has 0 saturated heterocycles. The molecule has 3 aromatic carbocycles. The first-order valence-corrected chi connectivity index (χ1v) is 11.4. The SMILES string of the molecule is Cc1c(-c2ccccc2)c(-c2nc3ccc(C(=O)O)cc3nc2-c2ccccc2)nc2nccnc12. The molecule has 0 unspecified atom stereocenters. The molecule has 1 N–H and O–H groups in total. The second-order valence-corrected chi connectivity index (χ2v) is 8.35. The van der Waals surface area contributed by atoms with E-state index in [1.165, 1.54) is 6.07 Å². The average molecular weight is 470 g/mol. The molecule has 0 aliphatic heterocycles. The van der Waals surface area contributed by atoms with Crippen LogP contribution in [-0.4, -0.2) is 36.0 Å². The van der Waals surface area contributed by atoms with E-state index in [-0.39, 0.29) is 5.56 Å². The number of fused-ring (bicyclic) bond motifs is 2. The topological polar surface area (TPSA) is 102 Å². The normalized spacial score (nSPS) is 11.1. The Bertz CT molecular complexity index is 1770. The summed E-state index contributed by atoms with van der Waals surface area (Å²) >= 11 is 0. The number of aryl methyl sites for hydroxylation is 1. The maximum absolute atomic E-state index is 11.6. The second kappa shape index (κ2) is 8.63. The van der Waals surface area contributed by atoms with Gasteiger partial charge in [0.05, 0.1) is 22.3 Å². The fraction of sp³-hybridized carbons (Fsp3) is 0.0345. The van der Waals surface area contributed by atoms with Crippen molar-refractivity contribution in [1.29, 1.82) is 0 Å². The van der Waals surface area contributed by atoms with Gasteiger partial charge in [-0.3, -0.25) is 4.98 Å². The Morgan fingerprint density at radius 1 is 0.694 bits per heavy atom. The number of carboxylic acid groups (broad SMARTS) is 1. The van der Waals surface area contributed by atoms with Crippen molar-refractivity contribution in [2.75, 3.05) is 0 Å². The van der Waals surface area contributed by atoms with E-state index in [2.05, 4.69) is 9.97 Å². The van der Waals surface area contributed by atoms with E-state index in [0.29, 0.717) is 33.8 Å². The number of hydrogen-bond acceptors (Lipinski definition) is 6. The van der Waals surface area contributed by atoms with Crippen LogP contribution in [-0.2, 0) is 0 Å². The third-order valence-electron chi connectivity index (χ3n) is 6.11. The number of hydrogen-bond donors (Lipinski definition) is 1. The number of benzene rings is 3. The van der Waals surface area contributed by atoms with Crippen molar-refractivity contribution in [3.05, 3.63) is 102 Å². The van der Waals surface area contributed by atoms with Crippen molar-refractivity contribution in [2.24, 2.45) is 0 Å². The fourth-order valence-corrected chi connectivity index (χ4v) is 4.41. The summed E-state index contributed by atoms with van der Waals surface area (Å²) in [4.78, 5) is 35.4. The summed E-state index contributed by atoms with van der Waals surface area (Å²) in [5.41, 5.74) is 7.98. The summed E-state index contributed by atoms with van der Waals surface area (Å²) in [6.07, 6.45) is 3.29. The number of carbonyl (C=O) groups is 1. The second-order valence-electron chi connectivity index (χ2n) is 8.35. The van der Waals surface area contributed by atoms with Gasteiger partial charge in [-0.25, -0.2) is 24.7 Å². The Kier molecular flexibility index (Phi) is 5.15. The third-order valence-corrected chi connectivity index (χ3v) is 6.11. The van der Waals surface area contributed by atoms with Crippen LogP contribution < -0.4 is 0 Å². The summed E-state index contributed by atoms with van der Waals surface area (Å²) in [7, 11) is 0. The van der Waals surface area contributed by atoms with Crippen molar-refractivity contribution in [2.45, 2.75) is 6.92 Å². The van der Waals surface area contributed by atoms with Crippen LogP contribution in [0.15, 0.2) is 91.3 Å². The lowest BCUT2D eigenvalue weighted by Gasteiger charge is -2.16. The van der Waals surface area contributed by atoms with Gasteiger partial charge in [-0.05, 0) is 36.2 Å². The van der Waals surface area contributed by atoms with Gasteiger partial charge in [0, 0.05) is 23.5 Å².